The predicted molar refractivity (Wildman–Crippen MR) is 41.6 cm³/mol. The Labute approximate surface area is 69.3 Å². The molecule has 1 rings (SSSR count). The van der Waals surface area contributed by atoms with E-state index in [0.29, 0.717) is 0 Å². The minimum atomic E-state index is -4.44. The molecule has 0 radical (unpaired) electrons. The molecule has 1 aromatic rings. The highest BCUT2D eigenvalue weighted by atomic mass is 31.2. The van der Waals surface area contributed by atoms with Gasteiger partial charge in [-0.15, -0.1) is 0 Å². The van der Waals surface area contributed by atoms with Gasteiger partial charge in [0.2, 0.25) is 0 Å². The number of nitrogens with zero attached hydrogens (tertiary/aromatic N) is 1. The highest BCUT2D eigenvalue weighted by molar-refractivity contribution is 7.46. The Morgan fingerprint density at radius 3 is 2.58 bits per heavy atom. The Balaban J connectivity index is 2.78. The van der Waals surface area contributed by atoms with Gasteiger partial charge >= 0.3 is 7.82 Å². The number of pyridine rings is 1. The van der Waals surface area contributed by atoms with Crippen LogP contribution in [0.15, 0.2) is 18.3 Å². The van der Waals surface area contributed by atoms with E-state index in [-0.39, 0.29) is 5.75 Å². The molecule has 0 amide bonds. The lowest BCUT2D eigenvalue weighted by Crippen LogP contribution is -1.90. The van der Waals surface area contributed by atoms with E-state index >= 15 is 0 Å². The van der Waals surface area contributed by atoms with Gasteiger partial charge in [0.05, 0.1) is 6.20 Å². The van der Waals surface area contributed by atoms with Crippen LogP contribution in [0.5, 0.6) is 5.75 Å². The third-order valence-corrected chi connectivity index (χ3v) is 1.56. The molecule has 0 aromatic carbocycles. The van der Waals surface area contributed by atoms with Crippen LogP contribution in [-0.4, -0.2) is 14.8 Å². The molecule has 0 aliphatic rings. The van der Waals surface area contributed by atoms with Gasteiger partial charge in [-0.25, -0.2) is 4.57 Å². The van der Waals surface area contributed by atoms with Crippen LogP contribution in [0.1, 0.15) is 5.69 Å². The Morgan fingerprint density at radius 2 is 2.17 bits per heavy atom. The summed E-state index contributed by atoms with van der Waals surface area (Å²) in [5.74, 6) is 0.0638. The molecular weight excluding hydrogens is 181 g/mol. The molecule has 0 bridgehead atoms. The lowest BCUT2D eigenvalue weighted by Gasteiger charge is -2.05. The number of aromatic nitrogens is 1. The van der Waals surface area contributed by atoms with Crippen molar-refractivity contribution in [3.05, 3.63) is 24.0 Å². The second kappa shape index (κ2) is 3.23. The summed E-state index contributed by atoms with van der Waals surface area (Å²) in [5, 5.41) is 0. The van der Waals surface area contributed by atoms with E-state index in [2.05, 4.69) is 9.51 Å². The van der Waals surface area contributed by atoms with E-state index in [9.17, 15) is 4.57 Å². The molecule has 0 saturated heterocycles. The Hall–Kier alpha value is -0.900. The molecule has 66 valence electrons. The van der Waals surface area contributed by atoms with Crippen molar-refractivity contribution < 1.29 is 18.9 Å². The molecular formula is C6H8NO4P. The first-order valence-corrected chi connectivity index (χ1v) is 4.68. The zero-order valence-electron chi connectivity index (χ0n) is 6.34. The van der Waals surface area contributed by atoms with E-state index in [1.165, 1.54) is 12.3 Å². The molecule has 1 heterocycles. The van der Waals surface area contributed by atoms with Crippen molar-refractivity contribution in [2.75, 3.05) is 0 Å². The van der Waals surface area contributed by atoms with Gasteiger partial charge in [0.25, 0.3) is 0 Å². The van der Waals surface area contributed by atoms with Crippen LogP contribution in [0.3, 0.4) is 0 Å². The second-order valence-electron chi connectivity index (χ2n) is 2.22. The molecule has 0 unspecified atom stereocenters. The van der Waals surface area contributed by atoms with Crippen LogP contribution in [-0.2, 0) is 4.57 Å². The molecule has 0 aliphatic carbocycles. The number of phosphoric acid groups is 1. The van der Waals surface area contributed by atoms with E-state index in [1.54, 1.807) is 13.0 Å². The van der Waals surface area contributed by atoms with Crippen LogP contribution in [0.25, 0.3) is 0 Å². The minimum Gasteiger partial charge on any atom is -0.403 e. The van der Waals surface area contributed by atoms with Gasteiger partial charge in [-0.1, -0.05) is 0 Å². The summed E-state index contributed by atoms with van der Waals surface area (Å²) in [6.45, 7) is 1.77. The van der Waals surface area contributed by atoms with Crippen molar-refractivity contribution in [1.29, 1.82) is 0 Å². The lowest BCUT2D eigenvalue weighted by molar-refractivity contribution is 0.283. The van der Waals surface area contributed by atoms with E-state index < -0.39 is 7.82 Å². The van der Waals surface area contributed by atoms with Crippen LogP contribution in [0.4, 0.5) is 0 Å². The smallest absolute Gasteiger partial charge is 0.403 e. The lowest BCUT2D eigenvalue weighted by atomic mass is 10.4. The summed E-state index contributed by atoms with van der Waals surface area (Å²) in [5.41, 5.74) is 0.757. The van der Waals surface area contributed by atoms with Gasteiger partial charge in [0.15, 0.2) is 0 Å². The van der Waals surface area contributed by atoms with E-state index in [0.717, 1.165) is 5.69 Å². The molecule has 5 nitrogen and oxygen atoms in total. The summed E-state index contributed by atoms with van der Waals surface area (Å²) in [6.07, 6.45) is 1.26. The molecule has 0 saturated carbocycles. The van der Waals surface area contributed by atoms with Crippen molar-refractivity contribution in [1.82, 2.24) is 4.98 Å². The highest BCUT2D eigenvalue weighted by Gasteiger charge is 2.15. The quantitative estimate of drug-likeness (QED) is 0.674. The molecule has 12 heavy (non-hydrogen) atoms. The molecule has 0 atom stereocenters. The topological polar surface area (TPSA) is 79.7 Å². The summed E-state index contributed by atoms with van der Waals surface area (Å²) in [6, 6.07) is 3.05. The normalized spacial score (nSPS) is 11.2. The minimum absolute atomic E-state index is 0.0638. The summed E-state index contributed by atoms with van der Waals surface area (Å²) in [7, 11) is -4.44. The molecule has 1 aromatic heterocycles. The Kier molecular flexibility index (Phi) is 2.47. The fourth-order valence-corrected chi connectivity index (χ4v) is 1.03. The number of hydrogen-bond acceptors (Lipinski definition) is 3. The predicted octanol–water partition coefficient (Wildman–Crippen LogP) is 0.862. The standard InChI is InChI=1S/C6H8NO4P/c1-5-2-3-6(4-7-5)11-12(8,9)10/h2-4H,1H3,(H2,8,9,10). The fourth-order valence-electron chi connectivity index (χ4n) is 0.646. The van der Waals surface area contributed by atoms with Gasteiger partial charge in [-0.05, 0) is 19.1 Å². The third kappa shape index (κ3) is 3.00. The Morgan fingerprint density at radius 1 is 1.50 bits per heavy atom. The van der Waals surface area contributed by atoms with Gasteiger partial charge in [0, 0.05) is 5.69 Å². The molecule has 0 spiro atoms. The molecule has 0 aliphatic heterocycles. The van der Waals surface area contributed by atoms with Crippen molar-refractivity contribution >= 4 is 7.82 Å². The first kappa shape index (κ1) is 9.19. The van der Waals surface area contributed by atoms with Crippen LogP contribution >= 0.6 is 7.82 Å². The van der Waals surface area contributed by atoms with Crippen LogP contribution < -0.4 is 4.52 Å². The van der Waals surface area contributed by atoms with E-state index in [4.69, 9.17) is 9.79 Å². The molecule has 2 N–H and O–H groups in total. The van der Waals surface area contributed by atoms with Gasteiger partial charge < -0.3 is 4.52 Å². The maximum absolute atomic E-state index is 10.3. The average molecular weight is 189 g/mol. The largest absolute Gasteiger partial charge is 0.524 e. The maximum Gasteiger partial charge on any atom is 0.524 e. The third-order valence-electron chi connectivity index (χ3n) is 1.11. The van der Waals surface area contributed by atoms with E-state index in [1.807, 2.05) is 0 Å². The second-order valence-corrected chi connectivity index (χ2v) is 3.38. The van der Waals surface area contributed by atoms with Gasteiger partial charge in [-0.3, -0.25) is 14.8 Å². The zero-order chi connectivity index (χ0) is 9.19. The summed E-state index contributed by atoms with van der Waals surface area (Å²) in [4.78, 5) is 20.6. The number of rotatable bonds is 2. The van der Waals surface area contributed by atoms with Crippen molar-refractivity contribution in [3.63, 3.8) is 0 Å². The molecule has 0 fully saturated rings. The molecule has 6 heteroatoms. The summed E-state index contributed by atoms with van der Waals surface area (Å²) >= 11 is 0. The summed E-state index contributed by atoms with van der Waals surface area (Å²) < 4.78 is 14.6. The monoisotopic (exact) mass is 189 g/mol. The SMILES string of the molecule is Cc1ccc(OP(=O)(O)O)cn1. The maximum atomic E-state index is 10.3. The van der Waals surface area contributed by atoms with Gasteiger partial charge in [0.1, 0.15) is 5.75 Å². The van der Waals surface area contributed by atoms with Gasteiger partial charge in [-0.2, -0.15) is 0 Å². The van der Waals surface area contributed by atoms with Crippen LogP contribution in [0.2, 0.25) is 0 Å². The van der Waals surface area contributed by atoms with Crippen LogP contribution in [0, 0.1) is 6.92 Å². The average Bonchev–Trinajstić information content (AvgIpc) is 1.91. The number of aryl methyl sites for hydroxylation is 1. The Bertz CT molecular complexity index is 304. The highest BCUT2D eigenvalue weighted by Crippen LogP contribution is 2.36. The van der Waals surface area contributed by atoms with Crippen molar-refractivity contribution in [2.45, 2.75) is 6.92 Å². The number of phosphoric ester groups is 1. The van der Waals surface area contributed by atoms with Crippen molar-refractivity contribution in [3.8, 4) is 5.75 Å². The van der Waals surface area contributed by atoms with Crippen molar-refractivity contribution in [2.24, 2.45) is 0 Å². The number of hydrogen-bond donors (Lipinski definition) is 2. The fraction of sp³-hybridized carbons (Fsp3) is 0.167. The zero-order valence-corrected chi connectivity index (χ0v) is 7.23. The first-order chi connectivity index (χ1) is 5.47. The first-order valence-electron chi connectivity index (χ1n) is 3.15.